The average molecular weight is 376 g/mol. The predicted molar refractivity (Wildman–Crippen MR) is 83.9 cm³/mol. The maximum atomic E-state index is 11.9. The van der Waals surface area contributed by atoms with Crippen LogP contribution in [0, 0.1) is 6.92 Å². The van der Waals surface area contributed by atoms with E-state index >= 15 is 0 Å². The molecule has 0 aliphatic rings. The molecule has 0 bridgehead atoms. The van der Waals surface area contributed by atoms with E-state index < -0.39 is 10.0 Å². The molecular weight excluding hydrogens is 362 g/mol. The minimum atomic E-state index is -3.45. The number of aryl methyl sites for hydroxylation is 1. The zero-order chi connectivity index (χ0) is 14.6. The molecule has 4 nitrogen and oxygen atoms in total. The lowest BCUT2D eigenvalue weighted by Crippen LogP contribution is -2.27. The molecule has 0 atom stereocenters. The summed E-state index contributed by atoms with van der Waals surface area (Å²) in [6.07, 6.45) is 0. The molecule has 7 heteroatoms. The second kappa shape index (κ2) is 6.71. The van der Waals surface area contributed by atoms with Gasteiger partial charge in [0.15, 0.2) is 0 Å². The summed E-state index contributed by atoms with van der Waals surface area (Å²) in [6.45, 7) is 2.46. The van der Waals surface area contributed by atoms with Crippen LogP contribution in [0.1, 0.15) is 5.56 Å². The van der Waals surface area contributed by atoms with Crippen molar-refractivity contribution in [1.29, 1.82) is 0 Å². The minimum absolute atomic E-state index is 0.228. The van der Waals surface area contributed by atoms with Gasteiger partial charge in [0.2, 0.25) is 10.0 Å². The summed E-state index contributed by atoms with van der Waals surface area (Å²) < 4.78 is 33.0. The van der Waals surface area contributed by atoms with Gasteiger partial charge in [-0.1, -0.05) is 18.2 Å². The Labute approximate surface area is 131 Å². The standard InChI is InChI=1S/C13H14BrNO3S2/c1-10-4-2-3-5-11(10)18-9-8-15-20(16,17)13-7-6-12(14)19-13/h2-7,15H,8-9H2,1H3. The van der Waals surface area contributed by atoms with Crippen LogP contribution in [0.2, 0.25) is 0 Å². The second-order valence-corrected chi connectivity index (χ2v) is 8.53. The van der Waals surface area contributed by atoms with Crippen molar-refractivity contribution < 1.29 is 13.2 Å². The first kappa shape index (κ1) is 15.5. The lowest BCUT2D eigenvalue weighted by Gasteiger charge is -2.09. The first-order chi connectivity index (χ1) is 9.49. The number of hydrogen-bond acceptors (Lipinski definition) is 4. The fourth-order valence-electron chi connectivity index (χ4n) is 1.57. The van der Waals surface area contributed by atoms with E-state index in [4.69, 9.17) is 4.74 Å². The number of benzene rings is 1. The van der Waals surface area contributed by atoms with E-state index in [1.807, 2.05) is 31.2 Å². The summed E-state index contributed by atoms with van der Waals surface area (Å²) in [5.74, 6) is 0.769. The van der Waals surface area contributed by atoms with Crippen molar-refractivity contribution >= 4 is 37.3 Å². The SMILES string of the molecule is Cc1ccccc1OCCNS(=O)(=O)c1ccc(Br)s1. The summed E-state index contributed by atoms with van der Waals surface area (Å²) in [5, 5.41) is 0. The Balaban J connectivity index is 1.86. The lowest BCUT2D eigenvalue weighted by molar-refractivity contribution is 0.321. The van der Waals surface area contributed by atoms with E-state index in [0.717, 1.165) is 15.1 Å². The van der Waals surface area contributed by atoms with Crippen LogP contribution >= 0.6 is 27.3 Å². The van der Waals surface area contributed by atoms with Crippen molar-refractivity contribution in [2.24, 2.45) is 0 Å². The molecule has 2 rings (SSSR count). The lowest BCUT2D eigenvalue weighted by atomic mass is 10.2. The third-order valence-electron chi connectivity index (χ3n) is 2.56. The van der Waals surface area contributed by atoms with Crippen LogP contribution in [0.4, 0.5) is 0 Å². The maximum absolute atomic E-state index is 11.9. The summed E-state index contributed by atoms with van der Waals surface area (Å²) in [4.78, 5) is 0. The van der Waals surface area contributed by atoms with E-state index in [9.17, 15) is 8.42 Å². The summed E-state index contributed by atoms with van der Waals surface area (Å²) >= 11 is 4.42. The van der Waals surface area contributed by atoms with E-state index in [2.05, 4.69) is 20.7 Å². The first-order valence-corrected chi connectivity index (χ1v) is 9.02. The molecule has 108 valence electrons. The van der Waals surface area contributed by atoms with Crippen LogP contribution in [0.5, 0.6) is 5.75 Å². The van der Waals surface area contributed by atoms with E-state index in [1.165, 1.54) is 11.3 Å². The van der Waals surface area contributed by atoms with Crippen molar-refractivity contribution in [1.82, 2.24) is 4.72 Å². The zero-order valence-corrected chi connectivity index (χ0v) is 14.0. The fraction of sp³-hybridized carbons (Fsp3) is 0.231. The number of hydrogen-bond donors (Lipinski definition) is 1. The zero-order valence-electron chi connectivity index (χ0n) is 10.8. The van der Waals surface area contributed by atoms with Crippen LogP contribution in [-0.4, -0.2) is 21.6 Å². The summed E-state index contributed by atoms with van der Waals surface area (Å²) in [6, 6.07) is 10.9. The van der Waals surface area contributed by atoms with Crippen molar-refractivity contribution in [2.45, 2.75) is 11.1 Å². The molecule has 1 aromatic heterocycles. The fourth-order valence-corrected chi connectivity index (χ4v) is 4.64. The quantitative estimate of drug-likeness (QED) is 0.788. The molecular formula is C13H14BrNO3S2. The first-order valence-electron chi connectivity index (χ1n) is 5.92. The van der Waals surface area contributed by atoms with Crippen LogP contribution in [0.25, 0.3) is 0 Å². The largest absolute Gasteiger partial charge is 0.492 e. The Morgan fingerprint density at radius 1 is 1.25 bits per heavy atom. The van der Waals surface area contributed by atoms with Gasteiger partial charge in [-0.3, -0.25) is 0 Å². The van der Waals surface area contributed by atoms with Gasteiger partial charge < -0.3 is 4.74 Å². The second-order valence-electron chi connectivity index (χ2n) is 4.07. The van der Waals surface area contributed by atoms with Gasteiger partial charge in [0.1, 0.15) is 16.6 Å². The molecule has 0 unspecified atom stereocenters. The van der Waals surface area contributed by atoms with Crippen molar-refractivity contribution in [3.8, 4) is 5.75 Å². The van der Waals surface area contributed by atoms with Gasteiger partial charge >= 0.3 is 0 Å². The molecule has 0 aliphatic carbocycles. The topological polar surface area (TPSA) is 55.4 Å². The highest BCUT2D eigenvalue weighted by molar-refractivity contribution is 9.11. The predicted octanol–water partition coefficient (Wildman–Crippen LogP) is 3.18. The van der Waals surface area contributed by atoms with Gasteiger partial charge in [-0.15, -0.1) is 11.3 Å². The number of nitrogens with one attached hydrogen (secondary N) is 1. The highest BCUT2D eigenvalue weighted by atomic mass is 79.9. The van der Waals surface area contributed by atoms with Crippen LogP contribution in [-0.2, 0) is 10.0 Å². The molecule has 1 N–H and O–H groups in total. The summed E-state index contributed by atoms with van der Waals surface area (Å²) in [7, 11) is -3.45. The number of para-hydroxylation sites is 1. The van der Waals surface area contributed by atoms with Gasteiger partial charge in [0.25, 0.3) is 0 Å². The molecule has 0 saturated carbocycles. The van der Waals surface area contributed by atoms with Crippen LogP contribution < -0.4 is 9.46 Å². The number of thiophene rings is 1. The Morgan fingerprint density at radius 3 is 2.65 bits per heavy atom. The molecule has 20 heavy (non-hydrogen) atoms. The molecule has 2 aromatic rings. The third-order valence-corrected chi connectivity index (χ3v) is 6.14. The number of rotatable bonds is 6. The highest BCUT2D eigenvalue weighted by Gasteiger charge is 2.15. The Morgan fingerprint density at radius 2 is 2.00 bits per heavy atom. The number of ether oxygens (including phenoxy) is 1. The highest BCUT2D eigenvalue weighted by Crippen LogP contribution is 2.25. The van der Waals surface area contributed by atoms with Crippen molar-refractivity contribution in [2.75, 3.05) is 13.2 Å². The number of halogens is 1. The van der Waals surface area contributed by atoms with Gasteiger partial charge in [-0.2, -0.15) is 0 Å². The van der Waals surface area contributed by atoms with E-state index in [0.29, 0.717) is 4.21 Å². The third kappa shape index (κ3) is 4.05. The van der Waals surface area contributed by atoms with E-state index in [-0.39, 0.29) is 13.2 Å². The van der Waals surface area contributed by atoms with E-state index in [1.54, 1.807) is 12.1 Å². The average Bonchev–Trinajstić information content (AvgIpc) is 2.84. The molecule has 1 heterocycles. The monoisotopic (exact) mass is 375 g/mol. The van der Waals surface area contributed by atoms with Crippen molar-refractivity contribution in [3.05, 3.63) is 45.7 Å². The molecule has 0 aliphatic heterocycles. The van der Waals surface area contributed by atoms with Crippen LogP contribution in [0.15, 0.2) is 44.4 Å². The Hall–Kier alpha value is -0.890. The van der Waals surface area contributed by atoms with Crippen molar-refractivity contribution in [3.63, 3.8) is 0 Å². The molecule has 0 spiro atoms. The molecule has 0 fully saturated rings. The molecule has 0 radical (unpaired) electrons. The number of sulfonamides is 1. The molecule has 0 amide bonds. The molecule has 1 aromatic carbocycles. The normalized spacial score (nSPS) is 11.5. The van der Waals surface area contributed by atoms with Gasteiger partial charge in [0, 0.05) is 6.54 Å². The van der Waals surface area contributed by atoms with Crippen LogP contribution in [0.3, 0.4) is 0 Å². The Kier molecular flexibility index (Phi) is 5.20. The maximum Gasteiger partial charge on any atom is 0.250 e. The van der Waals surface area contributed by atoms with Gasteiger partial charge in [-0.25, -0.2) is 13.1 Å². The Bertz CT molecular complexity index is 682. The summed E-state index contributed by atoms with van der Waals surface area (Å²) in [5.41, 5.74) is 1.03. The minimum Gasteiger partial charge on any atom is -0.492 e. The smallest absolute Gasteiger partial charge is 0.250 e. The van der Waals surface area contributed by atoms with Gasteiger partial charge in [-0.05, 0) is 46.6 Å². The van der Waals surface area contributed by atoms with Gasteiger partial charge in [0.05, 0.1) is 3.79 Å². The molecule has 0 saturated heterocycles.